The molecule has 0 amide bonds. The lowest BCUT2D eigenvalue weighted by Gasteiger charge is -2.19. The fourth-order valence-electron chi connectivity index (χ4n) is 7.54. The second-order valence-electron chi connectivity index (χ2n) is 12.3. The summed E-state index contributed by atoms with van der Waals surface area (Å²) >= 11 is 0. The molecule has 0 atom stereocenters. The zero-order valence-electron chi connectivity index (χ0n) is 26.4. The van der Waals surface area contributed by atoms with Gasteiger partial charge in [0, 0.05) is 22.0 Å². The molecule has 9 rings (SSSR count). The van der Waals surface area contributed by atoms with Crippen molar-refractivity contribution in [3.05, 3.63) is 175 Å². The number of aromatic nitrogens is 1. The van der Waals surface area contributed by atoms with E-state index in [0.29, 0.717) is 11.1 Å². The molecule has 0 aliphatic carbocycles. The van der Waals surface area contributed by atoms with Gasteiger partial charge in [0.25, 0.3) is 0 Å². The van der Waals surface area contributed by atoms with E-state index in [1.165, 1.54) is 5.56 Å². The van der Waals surface area contributed by atoms with Crippen LogP contribution in [-0.2, 0) is 0 Å². The number of nitriles is 2. The molecule has 0 aliphatic rings. The predicted molar refractivity (Wildman–Crippen MR) is 202 cm³/mol. The number of rotatable bonds is 4. The first-order chi connectivity index (χ1) is 24.2. The maximum absolute atomic E-state index is 10.7. The molecule has 0 saturated carbocycles. The van der Waals surface area contributed by atoms with E-state index in [4.69, 9.17) is 0 Å². The number of hydrogen-bond acceptors (Lipinski definition) is 2. The molecule has 0 N–H and O–H groups in total. The van der Waals surface area contributed by atoms with Crippen molar-refractivity contribution in [1.29, 1.82) is 10.5 Å². The summed E-state index contributed by atoms with van der Waals surface area (Å²) in [4.78, 5) is 0. The molecule has 8 aromatic carbocycles. The Labute approximate surface area is 283 Å². The maximum Gasteiger partial charge on any atom is 0.0998 e. The van der Waals surface area contributed by atoms with Crippen molar-refractivity contribution < 1.29 is 0 Å². The van der Waals surface area contributed by atoms with Crippen LogP contribution in [0.25, 0.3) is 82.4 Å². The van der Waals surface area contributed by atoms with Crippen LogP contribution in [0.5, 0.6) is 0 Å². The highest BCUT2D eigenvalue weighted by Gasteiger charge is 2.19. The van der Waals surface area contributed by atoms with E-state index in [1.54, 1.807) is 0 Å². The van der Waals surface area contributed by atoms with Crippen LogP contribution in [0.3, 0.4) is 0 Å². The SMILES string of the molecule is N#Cc1cc(-c2ccc(-c3c4ccccc4c(-c4ccccc4)c4ccccc34)c(C#N)c2)cc(-n2c3ccccc3c3ccccc32)c1. The van der Waals surface area contributed by atoms with Gasteiger partial charge in [0.2, 0.25) is 0 Å². The lowest BCUT2D eigenvalue weighted by molar-refractivity contribution is 1.18. The minimum absolute atomic E-state index is 0.561. The maximum atomic E-state index is 10.7. The van der Waals surface area contributed by atoms with Gasteiger partial charge in [-0.1, -0.05) is 127 Å². The van der Waals surface area contributed by atoms with Gasteiger partial charge in [-0.15, -0.1) is 0 Å². The number of nitrogens with zero attached hydrogens (tertiary/aromatic N) is 3. The van der Waals surface area contributed by atoms with Crippen LogP contribution in [0.2, 0.25) is 0 Å². The minimum Gasteiger partial charge on any atom is -0.309 e. The highest BCUT2D eigenvalue weighted by molar-refractivity contribution is 6.21. The van der Waals surface area contributed by atoms with E-state index in [2.05, 4.69) is 144 Å². The normalized spacial score (nSPS) is 11.2. The molecule has 1 aromatic heterocycles. The van der Waals surface area contributed by atoms with Gasteiger partial charge in [-0.05, 0) is 85.8 Å². The Bertz CT molecular complexity index is 2740. The highest BCUT2D eigenvalue weighted by atomic mass is 15.0. The van der Waals surface area contributed by atoms with Crippen LogP contribution >= 0.6 is 0 Å². The summed E-state index contributed by atoms with van der Waals surface area (Å²) in [6.45, 7) is 0. The molecule has 1 heterocycles. The number of hydrogen-bond donors (Lipinski definition) is 0. The molecule has 0 spiro atoms. The van der Waals surface area contributed by atoms with Crippen LogP contribution in [0.15, 0.2) is 164 Å². The van der Waals surface area contributed by atoms with Crippen molar-refractivity contribution in [2.24, 2.45) is 0 Å². The summed E-state index contributed by atoms with van der Waals surface area (Å²) in [6.07, 6.45) is 0. The largest absolute Gasteiger partial charge is 0.309 e. The van der Waals surface area contributed by atoms with E-state index in [1.807, 2.05) is 36.4 Å². The molecule has 0 aliphatic heterocycles. The molecule has 0 bridgehead atoms. The number of para-hydroxylation sites is 2. The van der Waals surface area contributed by atoms with Gasteiger partial charge in [-0.2, -0.15) is 10.5 Å². The molecule has 3 nitrogen and oxygen atoms in total. The molecule has 226 valence electrons. The van der Waals surface area contributed by atoms with Crippen LogP contribution in [0, 0.1) is 22.7 Å². The topological polar surface area (TPSA) is 52.5 Å². The third-order valence-electron chi connectivity index (χ3n) is 9.62. The predicted octanol–water partition coefficient (Wildman–Crippen LogP) is 11.8. The quantitative estimate of drug-likeness (QED) is 0.184. The second kappa shape index (κ2) is 11.4. The van der Waals surface area contributed by atoms with Gasteiger partial charge in [-0.25, -0.2) is 0 Å². The monoisotopic (exact) mass is 621 g/mol. The summed E-state index contributed by atoms with van der Waals surface area (Å²) in [7, 11) is 0. The summed E-state index contributed by atoms with van der Waals surface area (Å²) in [6, 6.07) is 61.2. The lowest BCUT2D eigenvalue weighted by Crippen LogP contribution is -1.96. The van der Waals surface area contributed by atoms with Gasteiger partial charge in [0.15, 0.2) is 0 Å². The molecule has 9 aromatic rings. The van der Waals surface area contributed by atoms with Gasteiger partial charge < -0.3 is 4.57 Å². The molecule has 0 unspecified atom stereocenters. The average molecular weight is 622 g/mol. The Morgan fingerprint density at radius 1 is 0.388 bits per heavy atom. The standard InChI is InChI=1S/C46H27N3/c47-28-30-24-33(27-35(25-30)49-43-20-10-8-14-37(43)38-15-9-11-21-44(38)49)32-22-23-36(34(26-32)29-48)46-41-18-6-4-16-39(41)45(31-12-2-1-3-13-31)40-17-5-7-19-42(40)46/h1-27H. The van der Waals surface area contributed by atoms with E-state index < -0.39 is 0 Å². The Kier molecular flexibility index (Phi) is 6.58. The summed E-state index contributed by atoms with van der Waals surface area (Å²) < 4.78 is 2.22. The van der Waals surface area contributed by atoms with Crippen LogP contribution < -0.4 is 0 Å². The molecule has 3 heteroatoms. The van der Waals surface area contributed by atoms with Gasteiger partial charge in [-0.3, -0.25) is 0 Å². The molecule has 0 fully saturated rings. The lowest BCUT2D eigenvalue weighted by atomic mass is 9.84. The third kappa shape index (κ3) is 4.49. The van der Waals surface area contributed by atoms with Gasteiger partial charge in [0.05, 0.1) is 34.3 Å². The van der Waals surface area contributed by atoms with E-state index in [9.17, 15) is 10.5 Å². The van der Waals surface area contributed by atoms with Crippen LogP contribution in [0.1, 0.15) is 11.1 Å². The fraction of sp³-hybridized carbons (Fsp3) is 0. The van der Waals surface area contributed by atoms with Gasteiger partial charge in [0.1, 0.15) is 0 Å². The third-order valence-corrected chi connectivity index (χ3v) is 9.62. The van der Waals surface area contributed by atoms with Crippen molar-refractivity contribution in [3.63, 3.8) is 0 Å². The van der Waals surface area contributed by atoms with Crippen molar-refractivity contribution in [2.45, 2.75) is 0 Å². The van der Waals surface area contributed by atoms with Crippen LogP contribution in [0.4, 0.5) is 0 Å². The highest BCUT2D eigenvalue weighted by Crippen LogP contribution is 2.45. The zero-order valence-corrected chi connectivity index (χ0v) is 26.4. The minimum atomic E-state index is 0.561. The molecular weight excluding hydrogens is 595 g/mol. The van der Waals surface area contributed by atoms with Crippen molar-refractivity contribution in [2.75, 3.05) is 0 Å². The summed E-state index contributed by atoms with van der Waals surface area (Å²) in [5.41, 5.74) is 10.3. The summed E-state index contributed by atoms with van der Waals surface area (Å²) in [5, 5.41) is 27.6. The smallest absolute Gasteiger partial charge is 0.0998 e. The number of fused-ring (bicyclic) bond motifs is 5. The fourth-order valence-corrected chi connectivity index (χ4v) is 7.54. The van der Waals surface area contributed by atoms with Crippen molar-refractivity contribution in [1.82, 2.24) is 4.57 Å². The Balaban J connectivity index is 1.26. The average Bonchev–Trinajstić information content (AvgIpc) is 3.51. The zero-order chi connectivity index (χ0) is 32.9. The molecule has 0 saturated heterocycles. The van der Waals surface area contributed by atoms with Gasteiger partial charge >= 0.3 is 0 Å². The van der Waals surface area contributed by atoms with E-state index >= 15 is 0 Å². The van der Waals surface area contributed by atoms with E-state index in [-0.39, 0.29) is 0 Å². The van der Waals surface area contributed by atoms with Crippen LogP contribution in [-0.4, -0.2) is 4.57 Å². The number of benzene rings is 8. The van der Waals surface area contributed by atoms with Crippen molar-refractivity contribution in [3.8, 4) is 51.2 Å². The summed E-state index contributed by atoms with van der Waals surface area (Å²) in [5.74, 6) is 0. The first kappa shape index (κ1) is 28.3. The Morgan fingerprint density at radius 3 is 1.49 bits per heavy atom. The molecule has 49 heavy (non-hydrogen) atoms. The Hall–Kier alpha value is -6.94. The van der Waals surface area contributed by atoms with Crippen molar-refractivity contribution >= 4 is 43.4 Å². The Morgan fingerprint density at radius 2 is 0.918 bits per heavy atom. The van der Waals surface area contributed by atoms with E-state index in [0.717, 1.165) is 76.9 Å². The molecule has 0 radical (unpaired) electrons. The first-order valence-corrected chi connectivity index (χ1v) is 16.3. The first-order valence-electron chi connectivity index (χ1n) is 16.3. The second-order valence-corrected chi connectivity index (χ2v) is 12.3. The molecular formula is C46H27N3.